The van der Waals surface area contributed by atoms with Crippen LogP contribution < -0.4 is 9.13 Å². The number of aryl methyl sites for hydroxylation is 2. The second kappa shape index (κ2) is 13.8. The number of nitrogens with zero attached hydrogens (tertiary/aromatic N) is 5. The van der Waals surface area contributed by atoms with E-state index in [4.69, 9.17) is 24.6 Å². The molecule has 0 aliphatic rings. The van der Waals surface area contributed by atoms with Crippen LogP contribution in [0, 0.1) is 0 Å². The molecular weight excluding hydrogens is 600 g/mol. The lowest BCUT2D eigenvalue weighted by molar-refractivity contribution is -0.696. The van der Waals surface area contributed by atoms with Crippen LogP contribution in [-0.2, 0) is 22.2 Å². The second-order valence-electron chi connectivity index (χ2n) is 10.4. The molecule has 4 N–H and O–H groups in total. The highest BCUT2D eigenvalue weighted by atomic mass is 31.2. The van der Waals surface area contributed by atoms with E-state index < -0.39 is 15.2 Å². The lowest BCUT2D eigenvalue weighted by atomic mass is 10.0. The zero-order valence-electron chi connectivity index (χ0n) is 23.8. The molecule has 0 unspecified atom stereocenters. The van der Waals surface area contributed by atoms with Crippen LogP contribution in [0.1, 0.15) is 12.8 Å². The van der Waals surface area contributed by atoms with Crippen molar-refractivity contribution < 1.29 is 37.8 Å². The van der Waals surface area contributed by atoms with E-state index in [1.807, 2.05) is 107 Å². The first-order chi connectivity index (χ1) is 21.0. The maximum atomic E-state index is 11.1. The zero-order valence-corrected chi connectivity index (χ0v) is 25.6. The summed E-state index contributed by atoms with van der Waals surface area (Å²) in [5.41, 5.74) is 5.80. The van der Waals surface area contributed by atoms with Crippen LogP contribution in [0.2, 0.25) is 0 Å². The summed E-state index contributed by atoms with van der Waals surface area (Å²) in [7, 11) is -7.95. The van der Waals surface area contributed by atoms with E-state index in [-0.39, 0.29) is 12.3 Å². The van der Waals surface area contributed by atoms with Crippen molar-refractivity contribution in [1.82, 2.24) is 15.0 Å². The number of benzene rings is 2. The fraction of sp³-hybridized carbons (Fsp3) is 0.194. The fourth-order valence-corrected chi connectivity index (χ4v) is 5.82. The third-order valence-corrected chi connectivity index (χ3v) is 8.84. The maximum absolute atomic E-state index is 11.1. The van der Waals surface area contributed by atoms with E-state index in [0.29, 0.717) is 37.6 Å². The van der Waals surface area contributed by atoms with Crippen LogP contribution in [0.5, 0.6) is 0 Å². The molecule has 0 aliphatic carbocycles. The molecule has 3 aromatic heterocycles. The van der Waals surface area contributed by atoms with E-state index in [9.17, 15) is 9.13 Å². The lowest BCUT2D eigenvalue weighted by Gasteiger charge is -2.07. The highest BCUT2D eigenvalue weighted by molar-refractivity contribution is 7.52. The molecule has 5 rings (SSSR count). The Morgan fingerprint density at radius 1 is 0.500 bits per heavy atom. The van der Waals surface area contributed by atoms with Crippen LogP contribution in [0.4, 0.5) is 0 Å². The molecule has 0 radical (unpaired) electrons. The number of aromatic nitrogens is 5. The summed E-state index contributed by atoms with van der Waals surface area (Å²) < 4.78 is 25.9. The van der Waals surface area contributed by atoms with E-state index in [0.717, 1.165) is 33.4 Å². The molecule has 0 bridgehead atoms. The van der Waals surface area contributed by atoms with Gasteiger partial charge in [-0.25, -0.2) is 24.1 Å². The van der Waals surface area contributed by atoms with Gasteiger partial charge in [-0.1, -0.05) is 48.5 Å². The molecule has 226 valence electrons. The van der Waals surface area contributed by atoms with Crippen LogP contribution in [0.25, 0.3) is 45.0 Å². The molecule has 0 atom stereocenters. The molecule has 44 heavy (non-hydrogen) atoms. The predicted octanol–water partition coefficient (Wildman–Crippen LogP) is 4.25. The molecule has 13 heteroatoms. The maximum Gasteiger partial charge on any atom is 0.325 e. The largest absolute Gasteiger partial charge is 0.325 e. The first kappa shape index (κ1) is 31.5. The van der Waals surface area contributed by atoms with Crippen LogP contribution in [-0.4, -0.2) is 46.8 Å². The van der Waals surface area contributed by atoms with Gasteiger partial charge in [0.1, 0.15) is 19.4 Å². The van der Waals surface area contributed by atoms with Crippen LogP contribution in [0.3, 0.4) is 0 Å². The van der Waals surface area contributed by atoms with Gasteiger partial charge in [-0.2, -0.15) is 0 Å². The van der Waals surface area contributed by atoms with E-state index >= 15 is 0 Å². The number of rotatable bonds is 12. The topological polar surface area (TPSA) is 161 Å². The van der Waals surface area contributed by atoms with Gasteiger partial charge in [0.2, 0.25) is 0 Å². The third-order valence-electron chi connectivity index (χ3n) is 7.04. The molecule has 2 aromatic carbocycles. The molecular formula is C31H33N5O6P2+2. The standard InChI is InChI=1S/C31H31N5O6P2/c37-43(38,39)21-1-15-35-17-11-26(12-18-35)24-3-7-28(8-4-24)30-32-23-33-31(34-30)29-9-5-25(6-10-29)27-13-19-36(20-14-27)16-2-22-44(40,41)42/h3-14,17-20,23H,1-2,15-16,21-22H2,(H2-2,37,38,39,40,41,42)/p+2. The Bertz CT molecular complexity index is 1660. The average Bonchev–Trinajstić information content (AvgIpc) is 3.01. The first-order valence-corrected chi connectivity index (χ1v) is 17.6. The number of hydrogen-bond acceptors (Lipinski definition) is 5. The highest BCUT2D eigenvalue weighted by Crippen LogP contribution is 2.35. The van der Waals surface area contributed by atoms with Crippen LogP contribution >= 0.6 is 15.2 Å². The number of hydrogen-bond donors (Lipinski definition) is 4. The molecule has 11 nitrogen and oxygen atoms in total. The van der Waals surface area contributed by atoms with Crippen LogP contribution in [0.15, 0.2) is 104 Å². The van der Waals surface area contributed by atoms with Gasteiger partial charge in [0, 0.05) is 48.2 Å². The van der Waals surface area contributed by atoms with E-state index in [1.165, 1.54) is 6.33 Å². The molecule has 0 saturated carbocycles. The summed E-state index contributed by atoms with van der Waals surface area (Å²) in [5, 5.41) is 0. The van der Waals surface area contributed by atoms with Crippen molar-refractivity contribution >= 4 is 15.2 Å². The second-order valence-corrected chi connectivity index (χ2v) is 14.0. The Morgan fingerprint density at radius 2 is 0.818 bits per heavy atom. The SMILES string of the molecule is O=P(O)(O)CCC[n+]1ccc(-c2ccc(-c3ncnc(-c4ccc(-c5cc[n+](CCCP(=O)(O)O)cc5)cc4)n3)cc2)cc1. The quantitative estimate of drug-likeness (QED) is 0.116. The summed E-state index contributed by atoms with van der Waals surface area (Å²) in [6, 6.07) is 23.8. The average molecular weight is 634 g/mol. The van der Waals surface area contributed by atoms with Gasteiger partial charge in [0.25, 0.3) is 0 Å². The Kier molecular flexibility index (Phi) is 9.86. The molecule has 0 amide bonds. The van der Waals surface area contributed by atoms with Crippen molar-refractivity contribution in [1.29, 1.82) is 0 Å². The number of pyridine rings is 2. The highest BCUT2D eigenvalue weighted by Gasteiger charge is 2.15. The van der Waals surface area contributed by atoms with Crippen molar-refractivity contribution in [3.8, 4) is 45.0 Å². The molecule has 5 aromatic rings. The summed E-state index contributed by atoms with van der Waals surface area (Å²) in [4.78, 5) is 49.6. The molecule has 0 aliphatic heterocycles. The monoisotopic (exact) mass is 633 g/mol. The van der Waals surface area contributed by atoms with Gasteiger partial charge in [0.15, 0.2) is 36.4 Å². The van der Waals surface area contributed by atoms with Crippen molar-refractivity contribution in [3.05, 3.63) is 104 Å². The third kappa shape index (κ3) is 9.03. The minimum Gasteiger partial charge on any atom is -0.324 e. The molecule has 0 spiro atoms. The predicted molar refractivity (Wildman–Crippen MR) is 165 cm³/mol. The summed E-state index contributed by atoms with van der Waals surface area (Å²) in [5.74, 6) is 1.13. The van der Waals surface area contributed by atoms with Gasteiger partial charge in [-0.05, 0) is 22.3 Å². The van der Waals surface area contributed by atoms with E-state index in [2.05, 4.69) is 9.97 Å². The minimum absolute atomic E-state index is 0.129. The molecule has 0 saturated heterocycles. The van der Waals surface area contributed by atoms with Crippen molar-refractivity contribution in [2.75, 3.05) is 12.3 Å². The van der Waals surface area contributed by atoms with Crippen molar-refractivity contribution in [2.24, 2.45) is 0 Å². The van der Waals surface area contributed by atoms with Gasteiger partial charge >= 0.3 is 15.2 Å². The zero-order chi connectivity index (χ0) is 31.2. The molecule has 0 fully saturated rings. The Morgan fingerprint density at radius 3 is 1.16 bits per heavy atom. The van der Waals surface area contributed by atoms with Gasteiger partial charge < -0.3 is 19.6 Å². The van der Waals surface area contributed by atoms with Gasteiger partial charge in [-0.15, -0.1) is 0 Å². The minimum atomic E-state index is -3.98. The fourth-order valence-electron chi connectivity index (χ4n) is 4.71. The first-order valence-electron chi connectivity index (χ1n) is 14.0. The van der Waals surface area contributed by atoms with Gasteiger partial charge in [-0.3, -0.25) is 9.13 Å². The Balaban J connectivity index is 1.22. The smallest absolute Gasteiger partial charge is 0.324 e. The van der Waals surface area contributed by atoms with Crippen molar-refractivity contribution in [3.63, 3.8) is 0 Å². The Labute approximate surface area is 254 Å². The summed E-state index contributed by atoms with van der Waals surface area (Å²) in [6.07, 6.45) is 9.67. The Hall–Kier alpha value is -3.95. The summed E-state index contributed by atoms with van der Waals surface area (Å²) >= 11 is 0. The van der Waals surface area contributed by atoms with Gasteiger partial charge in [0.05, 0.1) is 12.3 Å². The normalized spacial score (nSPS) is 11.9. The lowest BCUT2D eigenvalue weighted by Crippen LogP contribution is -2.32. The summed E-state index contributed by atoms with van der Waals surface area (Å²) in [6.45, 7) is 1.07. The molecule has 3 heterocycles. The van der Waals surface area contributed by atoms with E-state index in [1.54, 1.807) is 0 Å². The van der Waals surface area contributed by atoms with Crippen molar-refractivity contribution in [2.45, 2.75) is 25.9 Å².